The summed E-state index contributed by atoms with van der Waals surface area (Å²) in [5.74, 6) is -1.84. The number of hydrogen-bond donors (Lipinski definition) is 3. The van der Waals surface area contributed by atoms with E-state index in [0.29, 0.717) is 12.8 Å². The Morgan fingerprint density at radius 3 is 2.20 bits per heavy atom. The SMILES string of the molecule is CC(C)(C)[C@@H](NC(=O)C1CC=CC(NC(=O)OCC2c3ccccc3-c3ccccc32)C1)C(=O)O. The standard InChI is InChI=1S/C28H32N2O5/c1-28(2,3)24(26(32)33)30-25(31)17-9-8-10-18(15-17)29-27(34)35-16-23-21-13-6-4-11-19(21)20-12-5-7-14-22(20)23/h4-8,10-14,17-18,23-24H,9,15-16H2,1-3H3,(H,29,34)(H,30,31)(H,32,33)/t17?,18?,24-/m0/s1. The van der Waals surface area contributed by atoms with E-state index in [2.05, 4.69) is 34.9 Å². The number of rotatable bonds is 6. The van der Waals surface area contributed by atoms with Crippen LogP contribution in [-0.4, -0.2) is 41.8 Å². The lowest BCUT2D eigenvalue weighted by Gasteiger charge is -2.31. The van der Waals surface area contributed by atoms with Gasteiger partial charge in [-0.25, -0.2) is 9.59 Å². The van der Waals surface area contributed by atoms with Crippen LogP contribution in [0.2, 0.25) is 0 Å². The third-order valence-electron chi connectivity index (χ3n) is 6.74. The Morgan fingerprint density at radius 1 is 1.03 bits per heavy atom. The van der Waals surface area contributed by atoms with Gasteiger partial charge in [0, 0.05) is 11.8 Å². The summed E-state index contributed by atoms with van der Waals surface area (Å²) in [6.45, 7) is 5.53. The van der Waals surface area contributed by atoms with E-state index in [9.17, 15) is 19.5 Å². The van der Waals surface area contributed by atoms with Crippen molar-refractivity contribution in [1.29, 1.82) is 0 Å². The van der Waals surface area contributed by atoms with E-state index >= 15 is 0 Å². The molecule has 0 saturated heterocycles. The third-order valence-corrected chi connectivity index (χ3v) is 6.74. The number of alkyl carbamates (subject to hydrolysis) is 1. The summed E-state index contributed by atoms with van der Waals surface area (Å²) >= 11 is 0. The molecule has 3 N–H and O–H groups in total. The second-order valence-electron chi connectivity index (χ2n) is 10.3. The highest BCUT2D eigenvalue weighted by Gasteiger charge is 2.35. The minimum absolute atomic E-state index is 0.0288. The fraction of sp³-hybridized carbons (Fsp3) is 0.393. The van der Waals surface area contributed by atoms with Crippen LogP contribution in [-0.2, 0) is 14.3 Å². The summed E-state index contributed by atoms with van der Waals surface area (Å²) in [7, 11) is 0. The maximum Gasteiger partial charge on any atom is 0.407 e. The maximum atomic E-state index is 12.8. The number of carboxylic acid groups (broad SMARTS) is 1. The molecule has 0 saturated carbocycles. The maximum absolute atomic E-state index is 12.8. The smallest absolute Gasteiger partial charge is 0.407 e. The van der Waals surface area contributed by atoms with Gasteiger partial charge in [0.05, 0.1) is 6.04 Å². The van der Waals surface area contributed by atoms with Crippen LogP contribution >= 0.6 is 0 Å². The van der Waals surface area contributed by atoms with Crippen molar-refractivity contribution in [2.24, 2.45) is 11.3 Å². The van der Waals surface area contributed by atoms with Gasteiger partial charge >= 0.3 is 12.1 Å². The molecular formula is C28H32N2O5. The minimum Gasteiger partial charge on any atom is -0.480 e. The molecule has 7 heteroatoms. The largest absolute Gasteiger partial charge is 0.480 e. The van der Waals surface area contributed by atoms with Crippen molar-refractivity contribution in [1.82, 2.24) is 10.6 Å². The minimum atomic E-state index is -1.06. The zero-order chi connectivity index (χ0) is 25.2. The number of benzene rings is 2. The quantitative estimate of drug-likeness (QED) is 0.534. The van der Waals surface area contributed by atoms with Gasteiger partial charge in [0.15, 0.2) is 0 Å². The fourth-order valence-corrected chi connectivity index (χ4v) is 4.91. The summed E-state index contributed by atoms with van der Waals surface area (Å²) in [5.41, 5.74) is 3.99. The van der Waals surface area contributed by atoms with Crippen LogP contribution in [0.5, 0.6) is 0 Å². The second kappa shape index (κ2) is 9.94. The first-order valence-electron chi connectivity index (χ1n) is 12.0. The molecule has 2 aromatic carbocycles. The number of carbonyl (C=O) groups excluding carboxylic acids is 2. The molecule has 0 aliphatic heterocycles. The van der Waals surface area contributed by atoms with E-state index in [0.717, 1.165) is 22.3 Å². The van der Waals surface area contributed by atoms with Crippen LogP contribution in [0.15, 0.2) is 60.7 Å². The van der Waals surface area contributed by atoms with Crippen molar-refractivity contribution in [3.05, 3.63) is 71.8 Å². The molecule has 2 aliphatic carbocycles. The van der Waals surface area contributed by atoms with E-state index in [1.165, 1.54) is 0 Å². The first-order chi connectivity index (χ1) is 16.6. The number of carboxylic acids is 1. The van der Waals surface area contributed by atoms with Gasteiger partial charge in [-0.1, -0.05) is 81.5 Å². The van der Waals surface area contributed by atoms with E-state index < -0.39 is 29.4 Å². The molecule has 2 unspecified atom stereocenters. The topological polar surface area (TPSA) is 105 Å². The zero-order valence-electron chi connectivity index (χ0n) is 20.3. The van der Waals surface area contributed by atoms with Crippen molar-refractivity contribution in [3.8, 4) is 11.1 Å². The first kappa shape index (κ1) is 24.5. The predicted octanol–water partition coefficient (Wildman–Crippen LogP) is 4.48. The molecule has 0 aromatic heterocycles. The van der Waals surface area contributed by atoms with Gasteiger partial charge in [0.2, 0.25) is 5.91 Å². The summed E-state index contributed by atoms with van der Waals surface area (Å²) in [4.78, 5) is 37.0. The highest BCUT2D eigenvalue weighted by molar-refractivity contribution is 5.86. The Morgan fingerprint density at radius 2 is 1.63 bits per heavy atom. The first-order valence-corrected chi connectivity index (χ1v) is 12.0. The summed E-state index contributed by atoms with van der Waals surface area (Å²) < 4.78 is 5.62. The normalized spacial score (nSPS) is 19.9. The molecule has 2 amide bonds. The lowest BCUT2D eigenvalue weighted by Crippen LogP contribution is -2.51. The van der Waals surface area contributed by atoms with Crippen LogP contribution in [0.25, 0.3) is 11.1 Å². The fourth-order valence-electron chi connectivity index (χ4n) is 4.91. The molecule has 2 aliphatic rings. The zero-order valence-corrected chi connectivity index (χ0v) is 20.3. The molecule has 7 nitrogen and oxygen atoms in total. The Bertz CT molecular complexity index is 1100. The molecule has 2 aromatic rings. The van der Waals surface area contributed by atoms with Crippen molar-refractivity contribution >= 4 is 18.0 Å². The Kier molecular flexibility index (Phi) is 6.96. The number of allylic oxidation sites excluding steroid dienone is 1. The average molecular weight is 477 g/mol. The van der Waals surface area contributed by atoms with E-state index in [1.54, 1.807) is 20.8 Å². The molecule has 0 heterocycles. The van der Waals surface area contributed by atoms with Crippen LogP contribution in [0.1, 0.15) is 50.7 Å². The lowest BCUT2D eigenvalue weighted by atomic mass is 9.85. The molecule has 35 heavy (non-hydrogen) atoms. The molecule has 0 spiro atoms. The number of aliphatic carboxylic acids is 1. The molecule has 0 bridgehead atoms. The van der Waals surface area contributed by atoms with Gasteiger partial charge in [-0.15, -0.1) is 0 Å². The van der Waals surface area contributed by atoms with Crippen molar-refractivity contribution in [2.75, 3.05) is 6.61 Å². The highest BCUT2D eigenvalue weighted by atomic mass is 16.5. The van der Waals surface area contributed by atoms with Crippen LogP contribution in [0, 0.1) is 11.3 Å². The summed E-state index contributed by atoms with van der Waals surface area (Å²) in [6, 6.07) is 14.9. The third kappa shape index (κ3) is 5.39. The Balaban J connectivity index is 1.34. The molecule has 0 radical (unpaired) electrons. The van der Waals surface area contributed by atoms with Gasteiger partial charge in [-0.2, -0.15) is 0 Å². The van der Waals surface area contributed by atoms with E-state index in [1.807, 2.05) is 36.4 Å². The van der Waals surface area contributed by atoms with Gasteiger partial charge in [0.1, 0.15) is 12.6 Å². The van der Waals surface area contributed by atoms with Gasteiger partial charge in [0.25, 0.3) is 0 Å². The molecule has 4 rings (SSSR count). The molecule has 0 fully saturated rings. The van der Waals surface area contributed by atoms with Crippen molar-refractivity contribution in [2.45, 2.75) is 51.6 Å². The van der Waals surface area contributed by atoms with E-state index in [-0.39, 0.29) is 24.5 Å². The van der Waals surface area contributed by atoms with Crippen LogP contribution in [0.3, 0.4) is 0 Å². The number of nitrogens with one attached hydrogen (secondary N) is 2. The van der Waals surface area contributed by atoms with Gasteiger partial charge < -0.3 is 20.5 Å². The van der Waals surface area contributed by atoms with Crippen LogP contribution < -0.4 is 10.6 Å². The number of amides is 2. The van der Waals surface area contributed by atoms with E-state index in [4.69, 9.17) is 4.74 Å². The number of ether oxygens (including phenoxy) is 1. The number of hydrogen-bond acceptors (Lipinski definition) is 4. The Hall–Kier alpha value is -3.61. The highest BCUT2D eigenvalue weighted by Crippen LogP contribution is 2.44. The van der Waals surface area contributed by atoms with Crippen LogP contribution in [0.4, 0.5) is 4.79 Å². The molecule has 184 valence electrons. The predicted molar refractivity (Wildman–Crippen MR) is 133 cm³/mol. The van der Waals surface area contributed by atoms with Crippen molar-refractivity contribution < 1.29 is 24.2 Å². The number of carbonyl (C=O) groups is 3. The van der Waals surface area contributed by atoms with Gasteiger partial charge in [-0.05, 0) is 40.5 Å². The molecule has 3 atom stereocenters. The molecular weight excluding hydrogens is 444 g/mol. The number of fused-ring (bicyclic) bond motifs is 3. The summed E-state index contributed by atoms with van der Waals surface area (Å²) in [5, 5.41) is 15.0. The van der Waals surface area contributed by atoms with Gasteiger partial charge in [-0.3, -0.25) is 4.79 Å². The Labute approximate surface area is 205 Å². The average Bonchev–Trinajstić information content (AvgIpc) is 3.14. The summed E-state index contributed by atoms with van der Waals surface area (Å²) in [6.07, 6.45) is 4.02. The second-order valence-corrected chi connectivity index (χ2v) is 10.3. The monoisotopic (exact) mass is 476 g/mol. The van der Waals surface area contributed by atoms with Crippen molar-refractivity contribution in [3.63, 3.8) is 0 Å². The lowest BCUT2D eigenvalue weighted by molar-refractivity contribution is -0.145.